The molecule has 2 N–H and O–H groups in total. The molecular formula is C15H18FN3O2. The highest BCUT2D eigenvalue weighted by Crippen LogP contribution is 2.40. The molecule has 0 aromatic heterocycles. The molecule has 5 nitrogen and oxygen atoms in total. The van der Waals surface area contributed by atoms with Crippen LogP contribution in [0.1, 0.15) is 24.3 Å². The van der Waals surface area contributed by atoms with E-state index in [-0.39, 0.29) is 29.7 Å². The molecule has 3 amide bonds. The summed E-state index contributed by atoms with van der Waals surface area (Å²) in [6, 6.07) is 5.70. The number of carbonyl (C=O) groups excluding carboxylic acids is 2. The molecule has 1 heterocycles. The molecule has 21 heavy (non-hydrogen) atoms. The summed E-state index contributed by atoms with van der Waals surface area (Å²) in [6.45, 7) is 0.666. The number of carbonyl (C=O) groups is 2. The second-order valence-corrected chi connectivity index (χ2v) is 5.72. The second kappa shape index (κ2) is 5.35. The van der Waals surface area contributed by atoms with Crippen molar-refractivity contribution in [1.29, 1.82) is 0 Å². The van der Waals surface area contributed by atoms with Gasteiger partial charge in [0.1, 0.15) is 11.9 Å². The Morgan fingerprint density at radius 2 is 2.19 bits per heavy atom. The zero-order chi connectivity index (χ0) is 15.0. The highest BCUT2D eigenvalue weighted by atomic mass is 19.1. The van der Waals surface area contributed by atoms with Crippen molar-refractivity contribution in [3.05, 3.63) is 35.6 Å². The molecule has 1 aliphatic heterocycles. The minimum absolute atomic E-state index is 0.0148. The molecule has 3 rings (SSSR count). The van der Waals surface area contributed by atoms with Gasteiger partial charge in [0.25, 0.3) is 0 Å². The zero-order valence-corrected chi connectivity index (χ0v) is 11.8. The molecule has 0 unspecified atom stereocenters. The summed E-state index contributed by atoms with van der Waals surface area (Å²) in [7, 11) is 1.72. The Morgan fingerprint density at radius 1 is 1.38 bits per heavy atom. The SMILES string of the molecule is CN1CC[C@@H](NC(=O)N[C@@H]2C[C@H]2c2cccc(F)c2)C1=O. The average molecular weight is 291 g/mol. The van der Waals surface area contributed by atoms with Crippen molar-refractivity contribution in [1.82, 2.24) is 15.5 Å². The van der Waals surface area contributed by atoms with Crippen LogP contribution in [-0.2, 0) is 4.79 Å². The summed E-state index contributed by atoms with van der Waals surface area (Å²) < 4.78 is 13.2. The largest absolute Gasteiger partial charge is 0.344 e. The van der Waals surface area contributed by atoms with Crippen LogP contribution >= 0.6 is 0 Å². The predicted molar refractivity (Wildman–Crippen MR) is 75.3 cm³/mol. The van der Waals surface area contributed by atoms with Crippen molar-refractivity contribution in [3.8, 4) is 0 Å². The maximum absolute atomic E-state index is 13.2. The summed E-state index contributed by atoms with van der Waals surface area (Å²) in [5.74, 6) is -0.154. The minimum atomic E-state index is -0.429. The number of halogens is 1. The summed E-state index contributed by atoms with van der Waals surface area (Å²) in [5, 5.41) is 5.54. The van der Waals surface area contributed by atoms with Gasteiger partial charge in [-0.25, -0.2) is 9.18 Å². The molecule has 1 aromatic rings. The maximum atomic E-state index is 13.2. The van der Waals surface area contributed by atoms with Crippen LogP contribution in [0.3, 0.4) is 0 Å². The second-order valence-electron chi connectivity index (χ2n) is 5.72. The Labute approximate surface area is 122 Å². The number of urea groups is 1. The topological polar surface area (TPSA) is 61.4 Å². The number of amides is 3. The van der Waals surface area contributed by atoms with Gasteiger partial charge < -0.3 is 15.5 Å². The number of likely N-dealkylation sites (N-methyl/N-ethyl adjacent to an activating group) is 1. The number of hydrogen-bond acceptors (Lipinski definition) is 2. The lowest BCUT2D eigenvalue weighted by Crippen LogP contribution is -2.46. The first-order valence-electron chi connectivity index (χ1n) is 7.12. The van der Waals surface area contributed by atoms with Crippen LogP contribution in [-0.4, -0.2) is 42.5 Å². The summed E-state index contributed by atoms with van der Waals surface area (Å²) >= 11 is 0. The standard InChI is InChI=1S/C15H18FN3O2/c1-19-6-5-12(14(19)20)17-15(21)18-13-8-11(13)9-3-2-4-10(16)7-9/h2-4,7,11-13H,5-6,8H2,1H3,(H2,17,18,21)/t11-,12+,13+/m0/s1. The summed E-state index contributed by atoms with van der Waals surface area (Å²) in [5.41, 5.74) is 0.900. The van der Waals surface area contributed by atoms with Crippen LogP contribution in [0, 0.1) is 5.82 Å². The molecule has 1 saturated carbocycles. The number of nitrogens with zero attached hydrogens (tertiary/aromatic N) is 1. The van der Waals surface area contributed by atoms with Crippen molar-refractivity contribution >= 4 is 11.9 Å². The molecule has 1 saturated heterocycles. The Balaban J connectivity index is 1.50. The molecule has 1 aromatic carbocycles. The molecular weight excluding hydrogens is 273 g/mol. The number of benzene rings is 1. The number of rotatable bonds is 3. The van der Waals surface area contributed by atoms with E-state index in [9.17, 15) is 14.0 Å². The molecule has 2 aliphatic rings. The van der Waals surface area contributed by atoms with E-state index in [1.807, 2.05) is 6.07 Å². The first kappa shape index (κ1) is 13.9. The van der Waals surface area contributed by atoms with Gasteiger partial charge in [0, 0.05) is 25.6 Å². The normalized spacial score (nSPS) is 27.6. The highest BCUT2D eigenvalue weighted by Gasteiger charge is 2.40. The first-order valence-corrected chi connectivity index (χ1v) is 7.12. The maximum Gasteiger partial charge on any atom is 0.315 e. The van der Waals surface area contributed by atoms with Gasteiger partial charge in [0.05, 0.1) is 0 Å². The summed E-state index contributed by atoms with van der Waals surface area (Å²) in [4.78, 5) is 25.2. The molecule has 0 bridgehead atoms. The Morgan fingerprint density at radius 3 is 2.86 bits per heavy atom. The van der Waals surface area contributed by atoms with Crippen molar-refractivity contribution in [2.75, 3.05) is 13.6 Å². The van der Waals surface area contributed by atoms with Crippen LogP contribution in [0.15, 0.2) is 24.3 Å². The molecule has 0 radical (unpaired) electrons. The zero-order valence-electron chi connectivity index (χ0n) is 11.8. The third kappa shape index (κ3) is 2.99. The number of nitrogens with one attached hydrogen (secondary N) is 2. The predicted octanol–water partition coefficient (Wildman–Crippen LogP) is 1.21. The fraction of sp³-hybridized carbons (Fsp3) is 0.467. The third-order valence-corrected chi connectivity index (χ3v) is 4.12. The van der Waals surface area contributed by atoms with E-state index in [4.69, 9.17) is 0 Å². The van der Waals surface area contributed by atoms with Gasteiger partial charge >= 0.3 is 6.03 Å². The molecule has 1 aliphatic carbocycles. The van der Waals surface area contributed by atoms with Crippen LogP contribution in [0.4, 0.5) is 9.18 Å². The first-order chi connectivity index (χ1) is 10.0. The van der Waals surface area contributed by atoms with E-state index >= 15 is 0 Å². The molecule has 0 spiro atoms. The van der Waals surface area contributed by atoms with E-state index in [0.29, 0.717) is 13.0 Å². The van der Waals surface area contributed by atoms with E-state index in [1.165, 1.54) is 12.1 Å². The molecule has 3 atom stereocenters. The van der Waals surface area contributed by atoms with Gasteiger partial charge in [-0.2, -0.15) is 0 Å². The molecule has 2 fully saturated rings. The molecule has 112 valence electrons. The smallest absolute Gasteiger partial charge is 0.315 e. The van der Waals surface area contributed by atoms with Gasteiger partial charge in [-0.05, 0) is 30.5 Å². The Bertz CT molecular complexity index is 578. The van der Waals surface area contributed by atoms with Crippen LogP contribution in [0.5, 0.6) is 0 Å². The van der Waals surface area contributed by atoms with Gasteiger partial charge in [0.2, 0.25) is 5.91 Å². The van der Waals surface area contributed by atoms with Crippen LogP contribution < -0.4 is 10.6 Å². The lowest BCUT2D eigenvalue weighted by Gasteiger charge is -2.13. The quantitative estimate of drug-likeness (QED) is 0.879. The lowest BCUT2D eigenvalue weighted by molar-refractivity contribution is -0.128. The van der Waals surface area contributed by atoms with Crippen molar-refractivity contribution in [2.24, 2.45) is 0 Å². The fourth-order valence-electron chi connectivity index (χ4n) is 2.78. The highest BCUT2D eigenvalue weighted by molar-refractivity contribution is 5.88. The van der Waals surface area contributed by atoms with Crippen molar-refractivity contribution in [2.45, 2.75) is 30.8 Å². The Hall–Kier alpha value is -2.11. The lowest BCUT2D eigenvalue weighted by atomic mass is 10.1. The van der Waals surface area contributed by atoms with Crippen LogP contribution in [0.25, 0.3) is 0 Å². The van der Waals surface area contributed by atoms with E-state index in [2.05, 4.69) is 10.6 Å². The van der Waals surface area contributed by atoms with Crippen molar-refractivity contribution in [3.63, 3.8) is 0 Å². The monoisotopic (exact) mass is 291 g/mol. The number of hydrogen-bond donors (Lipinski definition) is 2. The van der Waals surface area contributed by atoms with Crippen molar-refractivity contribution < 1.29 is 14.0 Å². The number of likely N-dealkylation sites (tertiary alicyclic amines) is 1. The van der Waals surface area contributed by atoms with E-state index in [1.54, 1.807) is 18.0 Å². The van der Waals surface area contributed by atoms with Crippen LogP contribution in [0.2, 0.25) is 0 Å². The van der Waals surface area contributed by atoms with E-state index in [0.717, 1.165) is 12.0 Å². The third-order valence-electron chi connectivity index (χ3n) is 4.12. The Kier molecular flexibility index (Phi) is 3.53. The van der Waals surface area contributed by atoms with Gasteiger partial charge in [-0.1, -0.05) is 12.1 Å². The van der Waals surface area contributed by atoms with Gasteiger partial charge in [-0.15, -0.1) is 0 Å². The average Bonchev–Trinajstić information content (AvgIpc) is 3.14. The van der Waals surface area contributed by atoms with Gasteiger partial charge in [-0.3, -0.25) is 4.79 Å². The minimum Gasteiger partial charge on any atom is -0.344 e. The van der Waals surface area contributed by atoms with Gasteiger partial charge in [0.15, 0.2) is 0 Å². The molecule has 6 heteroatoms. The summed E-state index contributed by atoms with van der Waals surface area (Å²) in [6.07, 6.45) is 1.44. The van der Waals surface area contributed by atoms with E-state index < -0.39 is 6.04 Å². The fourth-order valence-corrected chi connectivity index (χ4v) is 2.78.